The van der Waals surface area contributed by atoms with E-state index in [1.54, 1.807) is 13.1 Å². The number of hydrogen-bond donors (Lipinski definition) is 2. The van der Waals surface area contributed by atoms with Crippen LogP contribution in [-0.2, 0) is 19.3 Å². The van der Waals surface area contributed by atoms with Crippen LogP contribution in [-0.4, -0.2) is 32.1 Å². The molecule has 1 aromatic carbocycles. The molecule has 140 valence electrons. The number of benzene rings is 1. The Morgan fingerprint density at radius 3 is 2.42 bits per heavy atom. The first-order chi connectivity index (χ1) is 12.3. The van der Waals surface area contributed by atoms with Gasteiger partial charge in [0.1, 0.15) is 5.82 Å². The van der Waals surface area contributed by atoms with Gasteiger partial charge in [0.25, 0.3) is 0 Å². The molecule has 26 heavy (non-hydrogen) atoms. The predicted octanol–water partition coefficient (Wildman–Crippen LogP) is 3.03. The second kappa shape index (κ2) is 8.55. The van der Waals surface area contributed by atoms with Crippen LogP contribution in [0, 0.1) is 0 Å². The normalized spacial score (nSPS) is 12.0. The van der Waals surface area contributed by atoms with Crippen molar-refractivity contribution in [3.63, 3.8) is 0 Å². The fraction of sp³-hybridized carbons (Fsp3) is 0.333. The zero-order valence-electron chi connectivity index (χ0n) is 14.9. The van der Waals surface area contributed by atoms with Crippen molar-refractivity contribution in [1.82, 2.24) is 15.6 Å². The van der Waals surface area contributed by atoms with Crippen molar-refractivity contribution in [3.8, 4) is 0 Å². The van der Waals surface area contributed by atoms with Gasteiger partial charge in [-0.3, -0.25) is 4.99 Å². The fourth-order valence-corrected chi connectivity index (χ4v) is 2.25. The summed E-state index contributed by atoms with van der Waals surface area (Å²) >= 11 is 0. The first-order valence-electron chi connectivity index (χ1n) is 8.03. The summed E-state index contributed by atoms with van der Waals surface area (Å²) in [6.45, 7) is 0.679. The Balaban J connectivity index is 1.93. The van der Waals surface area contributed by atoms with Crippen molar-refractivity contribution < 1.29 is 13.2 Å². The first-order valence-corrected chi connectivity index (χ1v) is 8.03. The molecule has 2 aromatic rings. The third-order valence-electron chi connectivity index (χ3n) is 3.63. The zero-order chi connectivity index (χ0) is 19.2. The van der Waals surface area contributed by atoms with Gasteiger partial charge in [-0.15, -0.1) is 0 Å². The van der Waals surface area contributed by atoms with Crippen molar-refractivity contribution in [1.29, 1.82) is 0 Å². The van der Waals surface area contributed by atoms with Crippen molar-refractivity contribution in [3.05, 3.63) is 59.3 Å². The molecule has 0 unspecified atom stereocenters. The summed E-state index contributed by atoms with van der Waals surface area (Å²) < 4.78 is 38.3. The minimum Gasteiger partial charge on any atom is -0.363 e. The Labute approximate surface area is 151 Å². The molecule has 8 heteroatoms. The minimum absolute atomic E-state index is 0.231. The second-order valence-electron chi connectivity index (χ2n) is 5.86. The molecule has 0 radical (unpaired) electrons. The fourth-order valence-electron chi connectivity index (χ4n) is 2.25. The zero-order valence-corrected chi connectivity index (χ0v) is 14.9. The molecule has 0 amide bonds. The highest BCUT2D eigenvalue weighted by Crippen LogP contribution is 2.29. The first kappa shape index (κ1) is 19.6. The number of aliphatic imine (C=N–C) groups is 1. The van der Waals surface area contributed by atoms with E-state index in [-0.39, 0.29) is 6.54 Å². The van der Waals surface area contributed by atoms with E-state index >= 15 is 0 Å². The maximum absolute atomic E-state index is 12.8. The molecule has 0 fully saturated rings. The van der Waals surface area contributed by atoms with Gasteiger partial charge in [0.05, 0.1) is 17.8 Å². The number of halogens is 3. The number of guanidine groups is 1. The summed E-state index contributed by atoms with van der Waals surface area (Å²) in [5.74, 6) is 1.33. The van der Waals surface area contributed by atoms with Crippen LogP contribution in [0.3, 0.4) is 0 Å². The highest BCUT2D eigenvalue weighted by molar-refractivity contribution is 5.79. The Hall–Kier alpha value is -2.77. The molecule has 1 heterocycles. The number of pyridine rings is 1. The Bertz CT molecular complexity index is 756. The van der Waals surface area contributed by atoms with Gasteiger partial charge in [0, 0.05) is 27.7 Å². The average molecular weight is 365 g/mol. The Morgan fingerprint density at radius 1 is 1.08 bits per heavy atom. The molecular weight excluding hydrogens is 343 g/mol. The molecule has 0 aliphatic carbocycles. The van der Waals surface area contributed by atoms with Crippen LogP contribution in [0.5, 0.6) is 0 Å². The van der Waals surface area contributed by atoms with Crippen LogP contribution < -0.4 is 15.5 Å². The van der Waals surface area contributed by atoms with Gasteiger partial charge in [-0.25, -0.2) is 4.98 Å². The van der Waals surface area contributed by atoms with E-state index in [4.69, 9.17) is 0 Å². The molecule has 0 bridgehead atoms. The highest BCUT2D eigenvalue weighted by Gasteiger charge is 2.30. The quantitative estimate of drug-likeness (QED) is 0.632. The molecule has 0 atom stereocenters. The number of hydrogen-bond acceptors (Lipinski definition) is 3. The van der Waals surface area contributed by atoms with Gasteiger partial charge in [0.2, 0.25) is 0 Å². The number of nitrogens with zero attached hydrogens (tertiary/aromatic N) is 3. The summed E-state index contributed by atoms with van der Waals surface area (Å²) in [4.78, 5) is 10.5. The van der Waals surface area contributed by atoms with Crippen LogP contribution in [0.1, 0.15) is 16.8 Å². The lowest BCUT2D eigenvalue weighted by molar-refractivity contribution is -0.137. The van der Waals surface area contributed by atoms with Gasteiger partial charge in [-0.2, -0.15) is 13.2 Å². The molecule has 0 aliphatic rings. The summed E-state index contributed by atoms with van der Waals surface area (Å²) in [6.07, 6.45) is -4.35. The van der Waals surface area contributed by atoms with E-state index in [1.807, 2.05) is 37.2 Å². The average Bonchev–Trinajstić information content (AvgIpc) is 2.61. The van der Waals surface area contributed by atoms with Crippen molar-refractivity contribution >= 4 is 11.8 Å². The number of alkyl halides is 3. The Kier molecular flexibility index (Phi) is 6.43. The van der Waals surface area contributed by atoms with Crippen LogP contribution in [0.15, 0.2) is 47.5 Å². The van der Waals surface area contributed by atoms with Gasteiger partial charge >= 0.3 is 6.18 Å². The molecule has 0 saturated heterocycles. The van der Waals surface area contributed by atoms with Crippen LogP contribution >= 0.6 is 0 Å². The smallest absolute Gasteiger partial charge is 0.363 e. The number of aromatic nitrogens is 1. The standard InChI is InChI=1S/C18H22F3N5/c1-22-17(24-12-15-8-5-9-16(25-15)26(2)3)23-11-13-6-4-7-14(10-13)18(19,20)21/h4-10H,11-12H2,1-3H3,(H2,22,23,24). The van der Waals surface area contributed by atoms with Crippen LogP contribution in [0.2, 0.25) is 0 Å². The van der Waals surface area contributed by atoms with Crippen LogP contribution in [0.25, 0.3) is 0 Å². The maximum atomic E-state index is 12.8. The molecule has 0 saturated carbocycles. The topological polar surface area (TPSA) is 52.6 Å². The minimum atomic E-state index is -4.35. The van der Waals surface area contributed by atoms with E-state index in [0.717, 1.165) is 23.6 Å². The summed E-state index contributed by atoms with van der Waals surface area (Å²) in [5.41, 5.74) is 0.693. The molecule has 2 N–H and O–H groups in total. The van der Waals surface area contributed by atoms with Crippen molar-refractivity contribution in [2.45, 2.75) is 19.3 Å². The summed E-state index contributed by atoms with van der Waals surface area (Å²) in [5, 5.41) is 6.11. The maximum Gasteiger partial charge on any atom is 0.416 e. The van der Waals surface area contributed by atoms with Crippen LogP contribution in [0.4, 0.5) is 19.0 Å². The predicted molar refractivity (Wildman–Crippen MR) is 97.0 cm³/mol. The van der Waals surface area contributed by atoms with Gasteiger partial charge < -0.3 is 15.5 Å². The molecule has 2 rings (SSSR count). The van der Waals surface area contributed by atoms with Gasteiger partial charge in [0.15, 0.2) is 5.96 Å². The number of nitrogens with one attached hydrogen (secondary N) is 2. The lowest BCUT2D eigenvalue weighted by Crippen LogP contribution is -2.36. The largest absolute Gasteiger partial charge is 0.416 e. The highest BCUT2D eigenvalue weighted by atomic mass is 19.4. The van der Waals surface area contributed by atoms with E-state index < -0.39 is 11.7 Å². The van der Waals surface area contributed by atoms with E-state index in [0.29, 0.717) is 18.1 Å². The van der Waals surface area contributed by atoms with Gasteiger partial charge in [-0.05, 0) is 29.8 Å². The SMILES string of the molecule is CN=C(NCc1cccc(C(F)(F)F)c1)NCc1cccc(N(C)C)n1. The van der Waals surface area contributed by atoms with Crippen molar-refractivity contribution in [2.24, 2.45) is 4.99 Å². The third kappa shape index (κ3) is 5.65. The molecule has 0 aliphatic heterocycles. The van der Waals surface area contributed by atoms with E-state index in [9.17, 15) is 13.2 Å². The van der Waals surface area contributed by atoms with E-state index in [1.165, 1.54) is 6.07 Å². The number of rotatable bonds is 5. The number of anilines is 1. The molecule has 5 nitrogen and oxygen atoms in total. The molecule has 1 aromatic heterocycles. The Morgan fingerprint density at radius 2 is 1.77 bits per heavy atom. The summed E-state index contributed by atoms with van der Waals surface area (Å²) in [7, 11) is 5.43. The lowest BCUT2D eigenvalue weighted by atomic mass is 10.1. The van der Waals surface area contributed by atoms with E-state index in [2.05, 4.69) is 20.6 Å². The summed E-state index contributed by atoms with van der Waals surface area (Å²) in [6, 6.07) is 10.9. The van der Waals surface area contributed by atoms with Gasteiger partial charge in [-0.1, -0.05) is 18.2 Å². The monoisotopic (exact) mass is 365 g/mol. The second-order valence-corrected chi connectivity index (χ2v) is 5.86. The lowest BCUT2D eigenvalue weighted by Gasteiger charge is -2.15. The van der Waals surface area contributed by atoms with Crippen molar-refractivity contribution in [2.75, 3.05) is 26.0 Å². The third-order valence-corrected chi connectivity index (χ3v) is 3.63. The molecule has 0 spiro atoms. The molecular formula is C18H22F3N5.